The summed E-state index contributed by atoms with van der Waals surface area (Å²) in [7, 11) is 0. The Morgan fingerprint density at radius 3 is 2.41 bits per heavy atom. The number of nitrogens with zero attached hydrogens (tertiary/aromatic N) is 2. The summed E-state index contributed by atoms with van der Waals surface area (Å²) >= 11 is 5.97. The van der Waals surface area contributed by atoms with Gasteiger partial charge in [0.15, 0.2) is 5.60 Å². The van der Waals surface area contributed by atoms with E-state index in [0.717, 1.165) is 26.1 Å². The third-order valence-electron chi connectivity index (χ3n) is 5.85. The summed E-state index contributed by atoms with van der Waals surface area (Å²) in [5, 5.41) is 0.653. The molecule has 0 N–H and O–H groups in total. The van der Waals surface area contributed by atoms with Crippen LogP contribution in [0.1, 0.15) is 32.3 Å². The summed E-state index contributed by atoms with van der Waals surface area (Å²) in [6.45, 7) is 6.34. The average molecular weight is 413 g/mol. The van der Waals surface area contributed by atoms with Gasteiger partial charge in [-0.15, -0.1) is 0 Å². The first-order valence-corrected chi connectivity index (χ1v) is 10.8. The molecule has 0 bridgehead atoms. The van der Waals surface area contributed by atoms with Crippen LogP contribution in [-0.4, -0.2) is 53.0 Å². The van der Waals surface area contributed by atoms with Crippen LogP contribution in [-0.2, 0) is 11.2 Å². The molecule has 4 rings (SSSR count). The van der Waals surface area contributed by atoms with Crippen molar-refractivity contribution in [3.05, 3.63) is 65.2 Å². The van der Waals surface area contributed by atoms with Crippen molar-refractivity contribution < 1.29 is 9.53 Å². The van der Waals surface area contributed by atoms with Crippen LogP contribution in [0.5, 0.6) is 5.75 Å². The van der Waals surface area contributed by atoms with Gasteiger partial charge in [-0.2, -0.15) is 0 Å². The molecule has 0 spiro atoms. The molecule has 1 aliphatic carbocycles. The van der Waals surface area contributed by atoms with E-state index in [1.807, 2.05) is 36.9 Å². The Bertz CT molecular complexity index is 834. The number of benzene rings is 2. The van der Waals surface area contributed by atoms with Crippen molar-refractivity contribution in [1.29, 1.82) is 0 Å². The van der Waals surface area contributed by atoms with Gasteiger partial charge in [0.2, 0.25) is 0 Å². The van der Waals surface area contributed by atoms with Gasteiger partial charge in [-0.05, 0) is 62.9 Å². The Labute approximate surface area is 178 Å². The van der Waals surface area contributed by atoms with Gasteiger partial charge >= 0.3 is 0 Å². The highest BCUT2D eigenvalue weighted by Crippen LogP contribution is 2.31. The largest absolute Gasteiger partial charge is 0.478 e. The molecule has 1 atom stereocenters. The number of carbonyl (C=O) groups is 1. The van der Waals surface area contributed by atoms with Gasteiger partial charge in [0.05, 0.1) is 0 Å². The zero-order chi connectivity index (χ0) is 20.4. The number of rotatable bonds is 6. The molecule has 1 amide bonds. The van der Waals surface area contributed by atoms with Crippen molar-refractivity contribution in [1.82, 2.24) is 9.80 Å². The molecule has 29 heavy (non-hydrogen) atoms. The molecule has 5 heteroatoms. The highest BCUT2D eigenvalue weighted by molar-refractivity contribution is 6.30. The van der Waals surface area contributed by atoms with E-state index in [0.29, 0.717) is 16.8 Å². The molecule has 2 aromatic rings. The number of hydrogen-bond donors (Lipinski definition) is 0. The van der Waals surface area contributed by atoms with Crippen molar-refractivity contribution >= 4 is 17.5 Å². The first-order valence-electron chi connectivity index (χ1n) is 10.5. The van der Waals surface area contributed by atoms with Crippen molar-refractivity contribution in [2.24, 2.45) is 0 Å². The third-order valence-corrected chi connectivity index (χ3v) is 6.11. The van der Waals surface area contributed by atoms with Gasteiger partial charge in [0, 0.05) is 36.7 Å². The first-order chi connectivity index (χ1) is 13.9. The second kappa shape index (κ2) is 8.37. The van der Waals surface area contributed by atoms with E-state index < -0.39 is 5.60 Å². The second-order valence-corrected chi connectivity index (χ2v) is 9.07. The molecule has 1 aliphatic heterocycles. The molecule has 1 unspecified atom stereocenters. The van der Waals surface area contributed by atoms with Crippen LogP contribution < -0.4 is 4.74 Å². The maximum Gasteiger partial charge on any atom is 0.266 e. The Hall–Kier alpha value is -2.04. The quantitative estimate of drug-likeness (QED) is 0.704. The fourth-order valence-electron chi connectivity index (χ4n) is 4.17. The summed E-state index contributed by atoms with van der Waals surface area (Å²) in [5.41, 5.74) is 0.328. The molecule has 0 aromatic heterocycles. The van der Waals surface area contributed by atoms with Gasteiger partial charge in [0.1, 0.15) is 5.75 Å². The number of piperazine rings is 1. The van der Waals surface area contributed by atoms with E-state index in [2.05, 4.69) is 29.2 Å². The van der Waals surface area contributed by atoms with Gasteiger partial charge in [-0.1, -0.05) is 41.9 Å². The zero-order valence-electron chi connectivity index (χ0n) is 17.2. The number of amides is 1. The highest BCUT2D eigenvalue weighted by atomic mass is 35.5. The van der Waals surface area contributed by atoms with E-state index in [-0.39, 0.29) is 11.9 Å². The van der Waals surface area contributed by atoms with Gasteiger partial charge in [-0.3, -0.25) is 9.69 Å². The second-order valence-electron chi connectivity index (χ2n) is 8.63. The van der Waals surface area contributed by atoms with Crippen molar-refractivity contribution in [2.45, 2.75) is 50.8 Å². The third kappa shape index (κ3) is 4.93. The van der Waals surface area contributed by atoms with E-state index in [9.17, 15) is 4.79 Å². The van der Waals surface area contributed by atoms with E-state index in [4.69, 9.17) is 16.3 Å². The molecular formula is C24H29ClN2O2. The number of carbonyl (C=O) groups excluding carboxylic acids is 1. The Morgan fingerprint density at radius 1 is 1.07 bits per heavy atom. The van der Waals surface area contributed by atoms with Gasteiger partial charge in [-0.25, -0.2) is 0 Å². The average Bonchev–Trinajstić information content (AvgIpc) is 3.55. The van der Waals surface area contributed by atoms with Crippen LogP contribution in [0.15, 0.2) is 54.6 Å². The smallest absolute Gasteiger partial charge is 0.266 e. The molecule has 2 aromatic carbocycles. The lowest BCUT2D eigenvalue weighted by Gasteiger charge is -2.44. The molecule has 2 fully saturated rings. The molecular weight excluding hydrogens is 384 g/mol. The molecule has 1 heterocycles. The van der Waals surface area contributed by atoms with Crippen LogP contribution in [0.2, 0.25) is 5.02 Å². The fraction of sp³-hybridized carbons (Fsp3) is 0.458. The summed E-state index contributed by atoms with van der Waals surface area (Å²) in [4.78, 5) is 18.1. The van der Waals surface area contributed by atoms with Gasteiger partial charge < -0.3 is 9.64 Å². The van der Waals surface area contributed by atoms with Crippen LogP contribution in [0.3, 0.4) is 0 Å². The summed E-state index contributed by atoms with van der Waals surface area (Å²) in [6.07, 6.45) is 3.45. The lowest BCUT2D eigenvalue weighted by Crippen LogP contribution is -2.61. The normalized spacial score (nSPS) is 20.5. The van der Waals surface area contributed by atoms with Gasteiger partial charge in [0.25, 0.3) is 5.91 Å². The number of hydrogen-bond acceptors (Lipinski definition) is 3. The highest BCUT2D eigenvalue weighted by Gasteiger charge is 2.42. The fourth-order valence-corrected chi connectivity index (χ4v) is 4.29. The molecule has 1 saturated carbocycles. The molecule has 1 saturated heterocycles. The monoisotopic (exact) mass is 412 g/mol. The van der Waals surface area contributed by atoms with Crippen molar-refractivity contribution in [2.75, 3.05) is 19.6 Å². The molecule has 4 nitrogen and oxygen atoms in total. The standard InChI is InChI=1S/C24H29ClN2O2/c1-24(2,29-22-12-8-19(25)9-13-22)23(28)27-15-14-26(20-10-11-20)17-21(27)16-18-6-4-3-5-7-18/h3-9,12-13,20-21H,10-11,14-17H2,1-2H3. The number of halogens is 1. The van der Waals surface area contributed by atoms with Crippen LogP contribution in [0.4, 0.5) is 0 Å². The Morgan fingerprint density at radius 2 is 1.76 bits per heavy atom. The van der Waals surface area contributed by atoms with E-state index >= 15 is 0 Å². The predicted octanol–water partition coefficient (Wildman–Crippen LogP) is 4.42. The van der Waals surface area contributed by atoms with Crippen molar-refractivity contribution in [3.63, 3.8) is 0 Å². The minimum atomic E-state index is -0.940. The van der Waals surface area contributed by atoms with E-state index in [1.165, 1.54) is 18.4 Å². The molecule has 0 radical (unpaired) electrons. The topological polar surface area (TPSA) is 32.8 Å². The summed E-state index contributed by atoms with van der Waals surface area (Å²) in [6, 6.07) is 18.5. The Balaban J connectivity index is 1.51. The minimum absolute atomic E-state index is 0.0452. The molecule has 2 aliphatic rings. The summed E-state index contributed by atoms with van der Waals surface area (Å²) < 4.78 is 6.09. The SMILES string of the molecule is CC(C)(Oc1ccc(Cl)cc1)C(=O)N1CCN(C2CC2)CC1Cc1ccccc1. The molecule has 154 valence electrons. The first kappa shape index (κ1) is 20.2. The van der Waals surface area contributed by atoms with Crippen LogP contribution >= 0.6 is 11.6 Å². The number of ether oxygens (including phenoxy) is 1. The lowest BCUT2D eigenvalue weighted by molar-refractivity contribution is -0.150. The summed E-state index contributed by atoms with van der Waals surface area (Å²) in [5.74, 6) is 0.702. The lowest BCUT2D eigenvalue weighted by atomic mass is 9.98. The van der Waals surface area contributed by atoms with Crippen molar-refractivity contribution in [3.8, 4) is 5.75 Å². The van der Waals surface area contributed by atoms with E-state index in [1.54, 1.807) is 12.1 Å². The Kier molecular flexibility index (Phi) is 5.84. The van der Waals surface area contributed by atoms with Crippen LogP contribution in [0.25, 0.3) is 0 Å². The predicted molar refractivity (Wildman–Crippen MR) is 116 cm³/mol. The zero-order valence-corrected chi connectivity index (χ0v) is 17.9. The maximum atomic E-state index is 13.5. The van der Waals surface area contributed by atoms with Crippen LogP contribution in [0, 0.1) is 0 Å². The minimum Gasteiger partial charge on any atom is -0.478 e. The maximum absolute atomic E-state index is 13.5.